The first-order valence-electron chi connectivity index (χ1n) is 30.3. The van der Waals surface area contributed by atoms with E-state index in [2.05, 4.69) is 92.1 Å². The minimum absolute atomic E-state index is 0.228. The van der Waals surface area contributed by atoms with E-state index in [9.17, 15) is 61.0 Å². The van der Waals surface area contributed by atoms with E-state index < -0.39 is 124 Å². The zero-order valence-electron chi connectivity index (χ0n) is 48.5. The first kappa shape index (κ1) is 72.2. The van der Waals surface area contributed by atoms with Crippen LogP contribution in [0.15, 0.2) is 85.1 Å². The first-order chi connectivity index (χ1) is 39.3. The van der Waals surface area contributed by atoms with Gasteiger partial charge in [0.25, 0.3) is 0 Å². The number of aliphatic hydroxyl groups excluding tert-OH is 11. The summed E-state index contributed by atoms with van der Waals surface area (Å²) in [5.74, 6) is -0.292. The van der Waals surface area contributed by atoms with E-state index in [1.165, 1.54) is 38.5 Å². The van der Waals surface area contributed by atoms with E-state index in [-0.39, 0.29) is 18.9 Å². The lowest BCUT2D eigenvalue weighted by Crippen LogP contribution is -2.66. The third-order valence-electron chi connectivity index (χ3n) is 14.7. The molecule has 19 nitrogen and oxygen atoms in total. The molecule has 3 fully saturated rings. The van der Waals surface area contributed by atoms with Crippen molar-refractivity contribution in [3.63, 3.8) is 0 Å². The molecule has 0 aromatic carbocycles. The Bertz CT molecular complexity index is 1810. The minimum atomic E-state index is -1.98. The maximum absolute atomic E-state index is 13.3. The van der Waals surface area contributed by atoms with Gasteiger partial charge in [-0.3, -0.25) is 4.79 Å². The number of allylic oxidation sites excluding steroid dienone is 13. The van der Waals surface area contributed by atoms with E-state index >= 15 is 0 Å². The molecule has 0 spiro atoms. The first-order valence-corrected chi connectivity index (χ1v) is 30.3. The van der Waals surface area contributed by atoms with Crippen molar-refractivity contribution in [1.29, 1.82) is 0 Å². The van der Waals surface area contributed by atoms with Crippen LogP contribution in [0.1, 0.15) is 168 Å². The highest BCUT2D eigenvalue weighted by molar-refractivity contribution is 5.76. The molecular formula is C62H105NO18. The number of hydrogen-bond acceptors (Lipinski definition) is 18. The second-order valence-electron chi connectivity index (χ2n) is 21.4. The van der Waals surface area contributed by atoms with Gasteiger partial charge in [-0.1, -0.05) is 176 Å². The molecule has 0 aromatic heterocycles. The van der Waals surface area contributed by atoms with Crippen molar-refractivity contribution in [1.82, 2.24) is 5.32 Å². The van der Waals surface area contributed by atoms with Crippen molar-refractivity contribution in [2.75, 3.05) is 26.4 Å². The molecule has 3 heterocycles. The van der Waals surface area contributed by atoms with Gasteiger partial charge in [0.2, 0.25) is 5.91 Å². The van der Waals surface area contributed by atoms with Gasteiger partial charge in [-0.2, -0.15) is 0 Å². The number of rotatable bonds is 43. The lowest BCUT2D eigenvalue weighted by Gasteiger charge is -2.48. The summed E-state index contributed by atoms with van der Waals surface area (Å²) in [6.07, 6.45) is 27.3. The summed E-state index contributed by atoms with van der Waals surface area (Å²) in [6, 6.07) is -0.981. The van der Waals surface area contributed by atoms with Crippen molar-refractivity contribution >= 4 is 5.91 Å². The smallest absolute Gasteiger partial charge is 0.220 e. The number of aliphatic hydroxyl groups is 11. The fourth-order valence-electron chi connectivity index (χ4n) is 9.72. The summed E-state index contributed by atoms with van der Waals surface area (Å²) in [6.45, 7) is 1.53. The molecule has 3 rings (SSSR count). The van der Waals surface area contributed by atoms with E-state index in [4.69, 9.17) is 28.4 Å². The molecule has 0 aromatic rings. The summed E-state index contributed by atoms with van der Waals surface area (Å²) < 4.78 is 34.2. The molecule has 19 heteroatoms. The zero-order valence-corrected chi connectivity index (χ0v) is 48.5. The Balaban J connectivity index is 1.42. The van der Waals surface area contributed by atoms with Crippen LogP contribution in [-0.2, 0) is 33.2 Å². The van der Waals surface area contributed by atoms with E-state index in [1.54, 1.807) is 6.08 Å². The molecule has 0 saturated carbocycles. The molecule has 17 unspecified atom stereocenters. The molecule has 0 radical (unpaired) electrons. The largest absolute Gasteiger partial charge is 0.394 e. The molecular weight excluding hydrogens is 1050 g/mol. The summed E-state index contributed by atoms with van der Waals surface area (Å²) in [7, 11) is 0. The monoisotopic (exact) mass is 1150 g/mol. The average molecular weight is 1150 g/mol. The van der Waals surface area contributed by atoms with Crippen LogP contribution in [0.3, 0.4) is 0 Å². The summed E-state index contributed by atoms with van der Waals surface area (Å²) in [5, 5.41) is 120. The Kier molecular flexibility index (Phi) is 39.6. The average Bonchev–Trinajstić information content (AvgIpc) is 3.47. The van der Waals surface area contributed by atoms with Gasteiger partial charge in [-0.25, -0.2) is 0 Å². The molecule has 12 N–H and O–H groups in total. The highest BCUT2D eigenvalue weighted by atomic mass is 16.8. The third kappa shape index (κ3) is 28.1. The number of carbonyl (C=O) groups excluding carboxylic acids is 1. The van der Waals surface area contributed by atoms with Crippen LogP contribution in [0.25, 0.3) is 0 Å². The molecule has 3 aliphatic rings. The molecule has 17 atom stereocenters. The van der Waals surface area contributed by atoms with Gasteiger partial charge in [0.15, 0.2) is 18.9 Å². The van der Waals surface area contributed by atoms with E-state index in [1.807, 2.05) is 6.08 Å². The highest BCUT2D eigenvalue weighted by Gasteiger charge is 2.53. The molecule has 1 amide bonds. The molecule has 3 aliphatic heterocycles. The number of amides is 1. The second kappa shape index (κ2) is 44.4. The molecule has 0 aliphatic carbocycles. The minimum Gasteiger partial charge on any atom is -0.394 e. The quantitative estimate of drug-likeness (QED) is 0.0261. The lowest BCUT2D eigenvalue weighted by atomic mass is 9.96. The van der Waals surface area contributed by atoms with Crippen molar-refractivity contribution in [2.45, 2.75) is 272 Å². The Hall–Kier alpha value is -3.03. The Morgan fingerprint density at radius 3 is 1.33 bits per heavy atom. The Morgan fingerprint density at radius 2 is 0.852 bits per heavy atom. The van der Waals surface area contributed by atoms with Crippen molar-refractivity contribution < 1.29 is 89.4 Å². The van der Waals surface area contributed by atoms with Gasteiger partial charge >= 0.3 is 0 Å². The normalized spacial score (nSPS) is 30.4. The fourth-order valence-corrected chi connectivity index (χ4v) is 9.72. The van der Waals surface area contributed by atoms with Crippen LogP contribution in [-0.4, -0.2) is 193 Å². The van der Waals surface area contributed by atoms with Crippen LogP contribution < -0.4 is 5.32 Å². The van der Waals surface area contributed by atoms with Gasteiger partial charge in [0.05, 0.1) is 38.6 Å². The zero-order chi connectivity index (χ0) is 59.0. The van der Waals surface area contributed by atoms with Crippen LogP contribution in [0.2, 0.25) is 0 Å². The molecule has 466 valence electrons. The number of unbranched alkanes of at least 4 members (excludes halogenated alkanes) is 15. The van der Waals surface area contributed by atoms with Crippen LogP contribution in [0.5, 0.6) is 0 Å². The van der Waals surface area contributed by atoms with Crippen molar-refractivity contribution in [3.05, 3.63) is 85.1 Å². The van der Waals surface area contributed by atoms with Crippen LogP contribution >= 0.6 is 0 Å². The molecule has 0 bridgehead atoms. The number of carbonyl (C=O) groups is 1. The maximum Gasteiger partial charge on any atom is 0.220 e. The van der Waals surface area contributed by atoms with Crippen molar-refractivity contribution in [2.24, 2.45) is 0 Å². The fraction of sp³-hybridized carbons (Fsp3) is 0.758. The number of hydrogen-bond donors (Lipinski definition) is 12. The predicted octanol–water partition coefficient (Wildman–Crippen LogP) is 5.59. The van der Waals surface area contributed by atoms with Crippen LogP contribution in [0, 0.1) is 0 Å². The van der Waals surface area contributed by atoms with Gasteiger partial charge in [0, 0.05) is 6.42 Å². The number of nitrogens with one attached hydrogen (secondary N) is 1. The summed E-state index contributed by atoms with van der Waals surface area (Å²) in [5.41, 5.74) is 0. The van der Waals surface area contributed by atoms with Gasteiger partial charge in [0.1, 0.15) is 73.2 Å². The third-order valence-corrected chi connectivity index (χ3v) is 14.7. The Morgan fingerprint density at radius 1 is 0.457 bits per heavy atom. The standard InChI is InChI=1S/C62H105NO18/c1-3-5-7-9-11-13-14-15-16-17-18-19-20-21-22-23-24-25-26-27-28-29-30-32-34-36-38-40-50(68)63-45(46(67)39-37-35-33-31-12-10-8-6-4-2)44-76-60-56(74)53(71)58(48(42-65)78-60)81-62-57(75)54(72)59(49(43-66)79-62)80-61-55(73)52(70)51(69)47(41-64)77-61/h5,7,11,13,15-16,18-19,21-22,24-25,37,39,45-49,51-62,64-67,69-75H,3-4,6,8-10,12,14,17,20,23,26-36,38,40-44H2,1-2H3,(H,63,68)/b7-5-,13-11-,16-15-,19-18-,22-21-,25-24-,39-37+. The van der Waals surface area contributed by atoms with Gasteiger partial charge < -0.3 is 89.9 Å². The number of ether oxygens (including phenoxy) is 6. The molecule has 81 heavy (non-hydrogen) atoms. The van der Waals surface area contributed by atoms with E-state index in [0.717, 1.165) is 103 Å². The van der Waals surface area contributed by atoms with Gasteiger partial charge in [-0.15, -0.1) is 0 Å². The SMILES string of the molecule is CC/C=C\C/C=C\C/C=C\C/C=C\C/C=C\C/C=C\CCCCCCCCCCC(=O)NC(COC1OC(CO)C(OC2OC(CO)C(OC3OC(CO)C(O)C(O)C3O)C(O)C2O)C(O)C1O)C(O)/C=C/CCCCCCCCC. The Labute approximate surface area is 482 Å². The van der Waals surface area contributed by atoms with Gasteiger partial charge in [-0.05, 0) is 70.6 Å². The highest BCUT2D eigenvalue weighted by Crippen LogP contribution is 2.33. The topological polar surface area (TPSA) is 307 Å². The lowest BCUT2D eigenvalue weighted by molar-refractivity contribution is -0.379. The van der Waals surface area contributed by atoms with Crippen LogP contribution in [0.4, 0.5) is 0 Å². The van der Waals surface area contributed by atoms with E-state index in [0.29, 0.717) is 6.42 Å². The summed E-state index contributed by atoms with van der Waals surface area (Å²) in [4.78, 5) is 13.3. The molecule has 3 saturated heterocycles. The maximum atomic E-state index is 13.3. The predicted molar refractivity (Wildman–Crippen MR) is 309 cm³/mol. The van der Waals surface area contributed by atoms with Crippen molar-refractivity contribution in [3.8, 4) is 0 Å². The second-order valence-corrected chi connectivity index (χ2v) is 21.4. The summed E-state index contributed by atoms with van der Waals surface area (Å²) >= 11 is 0.